The molecule has 21 heavy (non-hydrogen) atoms. The summed E-state index contributed by atoms with van der Waals surface area (Å²) in [6.07, 6.45) is 5.13. The van der Waals surface area contributed by atoms with Crippen molar-refractivity contribution in [2.45, 2.75) is 58.9 Å². The zero-order valence-corrected chi connectivity index (χ0v) is 13.1. The maximum absolute atomic E-state index is 11.4. The third-order valence-electron chi connectivity index (χ3n) is 3.96. The van der Waals surface area contributed by atoms with E-state index in [1.807, 2.05) is 12.1 Å². The molecule has 4 heteroatoms. The van der Waals surface area contributed by atoms with Crippen LogP contribution in [-0.4, -0.2) is 20.6 Å². The molecular formula is C17H24N2O2. The minimum atomic E-state index is -0.906. The quantitative estimate of drug-likeness (QED) is 0.819. The van der Waals surface area contributed by atoms with E-state index in [1.165, 1.54) is 0 Å². The maximum Gasteiger partial charge on any atom is 0.337 e. The van der Waals surface area contributed by atoms with E-state index in [9.17, 15) is 9.90 Å². The molecule has 0 aliphatic heterocycles. The largest absolute Gasteiger partial charge is 0.478 e. The number of para-hydroxylation sites is 1. The first-order valence-electron chi connectivity index (χ1n) is 7.87. The summed E-state index contributed by atoms with van der Waals surface area (Å²) in [6.45, 7) is 6.50. The van der Waals surface area contributed by atoms with Crippen LogP contribution < -0.4 is 0 Å². The summed E-state index contributed by atoms with van der Waals surface area (Å²) in [5, 5.41) is 9.36. The van der Waals surface area contributed by atoms with Gasteiger partial charge in [-0.3, -0.25) is 0 Å². The summed E-state index contributed by atoms with van der Waals surface area (Å²) in [5.41, 5.74) is 1.89. The number of imidazole rings is 1. The minimum absolute atomic E-state index is 0.301. The highest BCUT2D eigenvalue weighted by Crippen LogP contribution is 2.29. The number of carboxylic acid groups (broad SMARTS) is 1. The molecular weight excluding hydrogens is 264 g/mol. The van der Waals surface area contributed by atoms with Gasteiger partial charge in [-0.2, -0.15) is 0 Å². The molecule has 2 rings (SSSR count). The highest BCUT2D eigenvalue weighted by Gasteiger charge is 2.20. The summed E-state index contributed by atoms with van der Waals surface area (Å²) in [7, 11) is 0. The van der Waals surface area contributed by atoms with Crippen molar-refractivity contribution in [1.82, 2.24) is 9.55 Å². The first-order valence-corrected chi connectivity index (χ1v) is 7.87. The standard InChI is InChI=1S/C17H24N2O2/c1-4-8-12(6-3)19-14-11-7-10-13(17(20)21)16(14)18-15(19)9-5-2/h7,10-12H,4-6,8-9H2,1-3H3,(H,20,21). The Balaban J connectivity index is 2.68. The van der Waals surface area contributed by atoms with Gasteiger partial charge in [-0.05, 0) is 31.4 Å². The lowest BCUT2D eigenvalue weighted by molar-refractivity contribution is 0.0699. The second-order valence-corrected chi connectivity index (χ2v) is 5.48. The van der Waals surface area contributed by atoms with Crippen molar-refractivity contribution in [2.75, 3.05) is 0 Å². The zero-order valence-electron chi connectivity index (χ0n) is 13.1. The zero-order chi connectivity index (χ0) is 15.4. The Kier molecular flexibility index (Phi) is 4.99. The van der Waals surface area contributed by atoms with E-state index < -0.39 is 5.97 Å². The van der Waals surface area contributed by atoms with Gasteiger partial charge in [0.1, 0.15) is 11.3 Å². The summed E-state index contributed by atoms with van der Waals surface area (Å²) < 4.78 is 2.27. The van der Waals surface area contributed by atoms with Crippen molar-refractivity contribution >= 4 is 17.0 Å². The topological polar surface area (TPSA) is 55.1 Å². The van der Waals surface area contributed by atoms with Gasteiger partial charge in [-0.1, -0.05) is 33.3 Å². The molecule has 1 atom stereocenters. The Hall–Kier alpha value is -1.84. The SMILES string of the molecule is CCCc1nc2c(C(=O)O)cccc2n1C(CC)CCC. The van der Waals surface area contributed by atoms with Crippen LogP contribution in [0.5, 0.6) is 0 Å². The molecule has 0 aliphatic rings. The molecule has 1 N–H and O–H groups in total. The average molecular weight is 288 g/mol. The van der Waals surface area contributed by atoms with Gasteiger partial charge in [0.05, 0.1) is 11.1 Å². The molecule has 2 aromatic rings. The number of hydrogen-bond donors (Lipinski definition) is 1. The van der Waals surface area contributed by atoms with Crippen LogP contribution in [0.2, 0.25) is 0 Å². The number of aryl methyl sites for hydroxylation is 1. The first-order chi connectivity index (χ1) is 10.1. The van der Waals surface area contributed by atoms with Crippen LogP contribution in [0.4, 0.5) is 0 Å². The summed E-state index contributed by atoms with van der Waals surface area (Å²) in [5.74, 6) is 0.110. The number of benzene rings is 1. The number of fused-ring (bicyclic) bond motifs is 1. The van der Waals surface area contributed by atoms with E-state index in [2.05, 4.69) is 30.3 Å². The molecule has 0 amide bonds. The highest BCUT2D eigenvalue weighted by atomic mass is 16.4. The van der Waals surface area contributed by atoms with Gasteiger partial charge in [0.15, 0.2) is 0 Å². The van der Waals surface area contributed by atoms with Crippen molar-refractivity contribution in [2.24, 2.45) is 0 Å². The van der Waals surface area contributed by atoms with E-state index in [-0.39, 0.29) is 0 Å². The second kappa shape index (κ2) is 6.74. The van der Waals surface area contributed by atoms with Crippen molar-refractivity contribution in [3.8, 4) is 0 Å². The van der Waals surface area contributed by atoms with Gasteiger partial charge in [0, 0.05) is 12.5 Å². The van der Waals surface area contributed by atoms with Crippen molar-refractivity contribution in [3.05, 3.63) is 29.6 Å². The number of rotatable bonds is 7. The van der Waals surface area contributed by atoms with Crippen molar-refractivity contribution in [1.29, 1.82) is 0 Å². The summed E-state index contributed by atoms with van der Waals surface area (Å²) >= 11 is 0. The summed E-state index contributed by atoms with van der Waals surface area (Å²) in [6, 6.07) is 5.84. The van der Waals surface area contributed by atoms with Crippen LogP contribution in [0.1, 0.15) is 68.7 Å². The Morgan fingerprint density at radius 1 is 1.29 bits per heavy atom. The monoisotopic (exact) mass is 288 g/mol. The lowest BCUT2D eigenvalue weighted by atomic mass is 10.1. The predicted molar refractivity (Wildman–Crippen MR) is 84.9 cm³/mol. The lowest BCUT2D eigenvalue weighted by Gasteiger charge is -2.20. The Morgan fingerprint density at radius 2 is 2.05 bits per heavy atom. The van der Waals surface area contributed by atoms with Gasteiger partial charge >= 0.3 is 5.97 Å². The van der Waals surface area contributed by atoms with Crippen LogP contribution in [0.3, 0.4) is 0 Å². The molecule has 114 valence electrons. The number of carboxylic acids is 1. The Morgan fingerprint density at radius 3 is 2.62 bits per heavy atom. The number of carbonyl (C=O) groups is 1. The van der Waals surface area contributed by atoms with E-state index in [0.717, 1.165) is 43.4 Å². The first kappa shape index (κ1) is 15.5. The van der Waals surface area contributed by atoms with Gasteiger partial charge in [0.25, 0.3) is 0 Å². The Bertz CT molecular complexity index is 631. The molecule has 1 aromatic heterocycles. The van der Waals surface area contributed by atoms with Crippen LogP contribution in [-0.2, 0) is 6.42 Å². The molecule has 1 aromatic carbocycles. The van der Waals surface area contributed by atoms with Crippen LogP contribution in [0.25, 0.3) is 11.0 Å². The predicted octanol–water partition coefficient (Wildman–Crippen LogP) is 4.44. The van der Waals surface area contributed by atoms with Gasteiger partial charge in [-0.15, -0.1) is 0 Å². The van der Waals surface area contributed by atoms with Gasteiger partial charge in [-0.25, -0.2) is 9.78 Å². The third-order valence-corrected chi connectivity index (χ3v) is 3.96. The fourth-order valence-corrected chi connectivity index (χ4v) is 2.99. The molecule has 0 saturated heterocycles. The van der Waals surface area contributed by atoms with Crippen LogP contribution in [0, 0.1) is 0 Å². The molecule has 0 bridgehead atoms. The number of nitrogens with zero attached hydrogens (tertiary/aromatic N) is 2. The third kappa shape index (κ3) is 2.94. The van der Waals surface area contributed by atoms with Crippen LogP contribution >= 0.6 is 0 Å². The van der Waals surface area contributed by atoms with Gasteiger partial charge in [0.2, 0.25) is 0 Å². The van der Waals surface area contributed by atoms with E-state index >= 15 is 0 Å². The maximum atomic E-state index is 11.4. The summed E-state index contributed by atoms with van der Waals surface area (Å²) in [4.78, 5) is 16.1. The number of aromatic nitrogens is 2. The molecule has 1 heterocycles. The highest BCUT2D eigenvalue weighted by molar-refractivity contribution is 6.01. The number of aromatic carboxylic acids is 1. The molecule has 0 spiro atoms. The molecule has 0 aliphatic carbocycles. The molecule has 0 fully saturated rings. The van der Waals surface area contributed by atoms with E-state index in [4.69, 9.17) is 0 Å². The average Bonchev–Trinajstić information content (AvgIpc) is 2.83. The molecule has 0 radical (unpaired) electrons. The fraction of sp³-hybridized carbons (Fsp3) is 0.529. The normalized spacial score (nSPS) is 12.7. The molecule has 4 nitrogen and oxygen atoms in total. The van der Waals surface area contributed by atoms with Crippen molar-refractivity contribution < 1.29 is 9.90 Å². The smallest absolute Gasteiger partial charge is 0.337 e. The lowest BCUT2D eigenvalue weighted by Crippen LogP contribution is -2.11. The number of hydrogen-bond acceptors (Lipinski definition) is 2. The van der Waals surface area contributed by atoms with Crippen LogP contribution in [0.15, 0.2) is 18.2 Å². The second-order valence-electron chi connectivity index (χ2n) is 5.48. The van der Waals surface area contributed by atoms with E-state index in [0.29, 0.717) is 17.1 Å². The minimum Gasteiger partial charge on any atom is -0.478 e. The Labute approximate surface area is 125 Å². The molecule has 0 saturated carbocycles. The molecule has 1 unspecified atom stereocenters. The van der Waals surface area contributed by atoms with Crippen molar-refractivity contribution in [3.63, 3.8) is 0 Å². The van der Waals surface area contributed by atoms with Gasteiger partial charge < -0.3 is 9.67 Å². The van der Waals surface area contributed by atoms with E-state index in [1.54, 1.807) is 6.07 Å². The fourth-order valence-electron chi connectivity index (χ4n) is 2.99.